The number of halogens is 1. The summed E-state index contributed by atoms with van der Waals surface area (Å²) < 4.78 is 34.5. The SMILES string of the molecule is COC(=O)c1ccc(Cl)c(S(=O)(=O)Nc2ccc3c(c2)sc(=O)n3C)c1. The maximum Gasteiger partial charge on any atom is 0.337 e. The Kier molecular flexibility index (Phi) is 4.78. The van der Waals surface area contributed by atoms with Crippen LogP contribution in [-0.2, 0) is 21.8 Å². The van der Waals surface area contributed by atoms with Gasteiger partial charge < -0.3 is 9.30 Å². The highest BCUT2D eigenvalue weighted by molar-refractivity contribution is 7.92. The van der Waals surface area contributed by atoms with Crippen molar-refractivity contribution in [3.05, 3.63) is 56.7 Å². The van der Waals surface area contributed by atoms with Gasteiger partial charge in [-0.25, -0.2) is 13.2 Å². The number of aromatic nitrogens is 1. The summed E-state index contributed by atoms with van der Waals surface area (Å²) in [5, 5.41) is -0.0319. The molecular formula is C16H13ClN2O5S2. The van der Waals surface area contributed by atoms with Gasteiger partial charge >= 0.3 is 10.8 Å². The zero-order chi connectivity index (χ0) is 19.1. The summed E-state index contributed by atoms with van der Waals surface area (Å²) in [4.78, 5) is 23.0. The normalized spacial score (nSPS) is 11.5. The largest absolute Gasteiger partial charge is 0.465 e. The Morgan fingerprint density at radius 2 is 1.96 bits per heavy atom. The highest BCUT2D eigenvalue weighted by atomic mass is 35.5. The number of anilines is 1. The fourth-order valence-electron chi connectivity index (χ4n) is 2.36. The predicted molar refractivity (Wildman–Crippen MR) is 101 cm³/mol. The van der Waals surface area contributed by atoms with Crippen LogP contribution in [0.4, 0.5) is 5.69 Å². The summed E-state index contributed by atoms with van der Waals surface area (Å²) in [6.07, 6.45) is 0. The van der Waals surface area contributed by atoms with E-state index >= 15 is 0 Å². The molecule has 0 aliphatic heterocycles. The van der Waals surface area contributed by atoms with Crippen molar-refractivity contribution in [3.63, 3.8) is 0 Å². The lowest BCUT2D eigenvalue weighted by molar-refractivity contribution is 0.0600. The second-order valence-corrected chi connectivity index (χ2v) is 8.40. The van der Waals surface area contributed by atoms with Gasteiger partial charge in [-0.15, -0.1) is 0 Å². The molecule has 0 spiro atoms. The average molecular weight is 413 g/mol. The molecule has 0 radical (unpaired) electrons. The Morgan fingerprint density at radius 1 is 1.23 bits per heavy atom. The Labute approximate surface area is 157 Å². The van der Waals surface area contributed by atoms with Crippen molar-refractivity contribution >= 4 is 54.8 Å². The summed E-state index contributed by atoms with van der Waals surface area (Å²) >= 11 is 7.01. The third kappa shape index (κ3) is 3.33. The van der Waals surface area contributed by atoms with Gasteiger partial charge in [0.05, 0.1) is 33.6 Å². The number of fused-ring (bicyclic) bond motifs is 1. The highest BCUT2D eigenvalue weighted by Crippen LogP contribution is 2.27. The Balaban J connectivity index is 2.01. The van der Waals surface area contributed by atoms with E-state index in [1.807, 2.05) is 0 Å². The second-order valence-electron chi connectivity index (χ2n) is 5.35. The molecule has 0 unspecified atom stereocenters. The Bertz CT molecular complexity index is 1180. The third-order valence-electron chi connectivity index (χ3n) is 3.69. The van der Waals surface area contributed by atoms with E-state index in [1.165, 1.54) is 23.8 Å². The van der Waals surface area contributed by atoms with Gasteiger partial charge in [-0.1, -0.05) is 22.9 Å². The standard InChI is InChI=1S/C16H13ClN2O5S2/c1-19-12-6-4-10(8-13(12)25-16(19)21)18-26(22,23)14-7-9(15(20)24-2)3-5-11(14)17/h3-8,18H,1-2H3. The first kappa shape index (κ1) is 18.4. The van der Waals surface area contributed by atoms with Crippen LogP contribution >= 0.6 is 22.9 Å². The minimum absolute atomic E-state index is 0.0319. The van der Waals surface area contributed by atoms with Crippen LogP contribution < -0.4 is 9.60 Å². The van der Waals surface area contributed by atoms with Gasteiger partial charge in [0.2, 0.25) is 0 Å². The third-order valence-corrected chi connectivity index (χ3v) is 6.54. The van der Waals surface area contributed by atoms with Crippen LogP contribution in [0.15, 0.2) is 46.1 Å². The van der Waals surface area contributed by atoms with Gasteiger partial charge in [0.25, 0.3) is 10.0 Å². The van der Waals surface area contributed by atoms with E-state index in [0.29, 0.717) is 10.2 Å². The monoisotopic (exact) mass is 412 g/mol. The fraction of sp³-hybridized carbons (Fsp3) is 0.125. The molecule has 2 aromatic carbocycles. The van der Waals surface area contributed by atoms with E-state index in [2.05, 4.69) is 9.46 Å². The molecule has 3 rings (SSSR count). The number of ether oxygens (including phenoxy) is 1. The number of hydrogen-bond donors (Lipinski definition) is 1. The number of sulfonamides is 1. The van der Waals surface area contributed by atoms with Crippen LogP contribution in [0.2, 0.25) is 5.02 Å². The van der Waals surface area contributed by atoms with Crippen molar-refractivity contribution in [1.82, 2.24) is 4.57 Å². The molecule has 7 nitrogen and oxygen atoms in total. The molecule has 26 heavy (non-hydrogen) atoms. The first-order valence-corrected chi connectivity index (χ1v) is 9.91. The molecule has 0 amide bonds. The number of methoxy groups -OCH3 is 1. The molecule has 0 saturated carbocycles. The van der Waals surface area contributed by atoms with E-state index in [0.717, 1.165) is 17.4 Å². The molecule has 3 aromatic rings. The molecule has 0 fully saturated rings. The minimum Gasteiger partial charge on any atom is -0.465 e. The van der Waals surface area contributed by atoms with E-state index in [-0.39, 0.29) is 26.0 Å². The molecule has 136 valence electrons. The smallest absolute Gasteiger partial charge is 0.337 e. The Hall–Kier alpha value is -2.36. The summed E-state index contributed by atoms with van der Waals surface area (Å²) in [6, 6.07) is 8.60. The number of rotatable bonds is 4. The maximum atomic E-state index is 12.7. The van der Waals surface area contributed by atoms with Gasteiger partial charge in [-0.2, -0.15) is 0 Å². The number of carbonyl (C=O) groups excluding carboxylic acids is 1. The molecule has 1 aromatic heterocycles. The lowest BCUT2D eigenvalue weighted by Crippen LogP contribution is -2.14. The van der Waals surface area contributed by atoms with Crippen LogP contribution in [0.5, 0.6) is 0 Å². The lowest BCUT2D eigenvalue weighted by atomic mass is 10.2. The fourth-order valence-corrected chi connectivity index (χ4v) is 4.86. The molecule has 10 heteroatoms. The number of thiazole rings is 1. The van der Waals surface area contributed by atoms with Gasteiger partial charge in [-0.05, 0) is 36.4 Å². The quantitative estimate of drug-likeness (QED) is 0.665. The Morgan fingerprint density at radius 3 is 2.65 bits per heavy atom. The number of esters is 1. The van der Waals surface area contributed by atoms with Gasteiger partial charge in [-0.3, -0.25) is 9.52 Å². The van der Waals surface area contributed by atoms with Crippen molar-refractivity contribution in [1.29, 1.82) is 0 Å². The van der Waals surface area contributed by atoms with Crippen LogP contribution in [0.1, 0.15) is 10.4 Å². The zero-order valence-corrected chi connectivity index (χ0v) is 16.0. The molecule has 1 heterocycles. The van der Waals surface area contributed by atoms with Crippen molar-refractivity contribution in [2.75, 3.05) is 11.8 Å². The summed E-state index contributed by atoms with van der Waals surface area (Å²) in [5.74, 6) is -0.673. The molecule has 0 aliphatic rings. The van der Waals surface area contributed by atoms with Crippen molar-refractivity contribution in [2.24, 2.45) is 7.05 Å². The van der Waals surface area contributed by atoms with E-state index in [4.69, 9.17) is 11.6 Å². The second kappa shape index (κ2) is 6.75. The topological polar surface area (TPSA) is 94.5 Å². The van der Waals surface area contributed by atoms with Crippen molar-refractivity contribution < 1.29 is 17.9 Å². The molecule has 0 saturated heterocycles. The maximum absolute atomic E-state index is 12.7. The first-order valence-electron chi connectivity index (χ1n) is 7.23. The highest BCUT2D eigenvalue weighted by Gasteiger charge is 2.21. The minimum atomic E-state index is -4.05. The molecule has 1 N–H and O–H groups in total. The summed E-state index contributed by atoms with van der Waals surface area (Å²) in [5.41, 5.74) is 1.04. The lowest BCUT2D eigenvalue weighted by Gasteiger charge is -2.11. The molecule has 0 atom stereocenters. The summed E-state index contributed by atoms with van der Waals surface area (Å²) in [6.45, 7) is 0. The number of benzene rings is 2. The van der Waals surface area contributed by atoms with Crippen LogP contribution in [0.25, 0.3) is 10.2 Å². The molecule has 0 aliphatic carbocycles. The number of nitrogens with zero attached hydrogens (tertiary/aromatic N) is 1. The van der Waals surface area contributed by atoms with Crippen LogP contribution in [-0.4, -0.2) is 26.1 Å². The van der Waals surface area contributed by atoms with Gasteiger partial charge in [0.15, 0.2) is 0 Å². The summed E-state index contributed by atoms with van der Waals surface area (Å²) in [7, 11) is -1.21. The van der Waals surface area contributed by atoms with Crippen LogP contribution in [0.3, 0.4) is 0 Å². The average Bonchev–Trinajstić information content (AvgIpc) is 2.87. The van der Waals surface area contributed by atoms with Crippen molar-refractivity contribution in [3.8, 4) is 0 Å². The first-order chi connectivity index (χ1) is 12.2. The number of nitrogens with one attached hydrogen (secondary N) is 1. The number of carbonyl (C=O) groups is 1. The van der Waals surface area contributed by atoms with Crippen molar-refractivity contribution in [2.45, 2.75) is 4.90 Å². The van der Waals surface area contributed by atoms with Gasteiger partial charge in [0, 0.05) is 7.05 Å². The predicted octanol–water partition coefficient (Wildman–Crippen LogP) is 2.84. The van der Waals surface area contributed by atoms with E-state index in [1.54, 1.807) is 25.2 Å². The molecular weight excluding hydrogens is 400 g/mol. The van der Waals surface area contributed by atoms with Gasteiger partial charge in [0.1, 0.15) is 4.90 Å². The van der Waals surface area contributed by atoms with E-state index in [9.17, 15) is 18.0 Å². The number of hydrogen-bond acceptors (Lipinski definition) is 6. The number of aryl methyl sites for hydroxylation is 1. The zero-order valence-electron chi connectivity index (χ0n) is 13.6. The molecule has 0 bridgehead atoms. The van der Waals surface area contributed by atoms with Crippen LogP contribution in [0, 0.1) is 0 Å². The van der Waals surface area contributed by atoms with E-state index < -0.39 is 16.0 Å².